The number of carbonyl (C=O) groups excluding carboxylic acids is 1. The van der Waals surface area contributed by atoms with E-state index in [0.717, 1.165) is 17.0 Å². The first-order chi connectivity index (χ1) is 7.81. The van der Waals surface area contributed by atoms with Gasteiger partial charge in [-0.25, -0.2) is 0 Å². The van der Waals surface area contributed by atoms with Crippen molar-refractivity contribution in [2.24, 2.45) is 5.41 Å². The summed E-state index contributed by atoms with van der Waals surface area (Å²) in [5.41, 5.74) is 1.84. The van der Waals surface area contributed by atoms with Crippen LogP contribution in [0.3, 0.4) is 0 Å². The third-order valence-electron chi connectivity index (χ3n) is 2.37. The summed E-state index contributed by atoms with van der Waals surface area (Å²) in [6.07, 6.45) is 0.512. The fraction of sp³-hybridized carbons (Fsp3) is 0.500. The van der Waals surface area contributed by atoms with E-state index in [2.05, 4.69) is 5.32 Å². The zero-order valence-corrected chi connectivity index (χ0v) is 11.3. The number of methoxy groups -OCH3 is 1. The highest BCUT2D eigenvalue weighted by molar-refractivity contribution is 5.91. The smallest absolute Gasteiger partial charge is 0.224 e. The molecular formula is C14H21NO2. The summed E-state index contributed by atoms with van der Waals surface area (Å²) in [6.45, 7) is 8.10. The first kappa shape index (κ1) is 13.6. The van der Waals surface area contributed by atoms with Crippen LogP contribution in [-0.2, 0) is 4.79 Å². The fourth-order valence-electron chi connectivity index (χ4n) is 1.64. The molecule has 0 aromatic heterocycles. The van der Waals surface area contributed by atoms with E-state index in [1.165, 1.54) is 0 Å². The molecule has 1 aromatic rings. The van der Waals surface area contributed by atoms with Gasteiger partial charge in [0.15, 0.2) is 0 Å². The average molecular weight is 235 g/mol. The van der Waals surface area contributed by atoms with Gasteiger partial charge in [0.25, 0.3) is 0 Å². The van der Waals surface area contributed by atoms with Crippen LogP contribution in [0.25, 0.3) is 0 Å². The van der Waals surface area contributed by atoms with Gasteiger partial charge in [-0.2, -0.15) is 0 Å². The van der Waals surface area contributed by atoms with Gasteiger partial charge < -0.3 is 10.1 Å². The summed E-state index contributed by atoms with van der Waals surface area (Å²) in [5, 5.41) is 2.90. The van der Waals surface area contributed by atoms with Crippen molar-refractivity contribution >= 4 is 11.6 Å². The molecule has 0 radical (unpaired) electrons. The van der Waals surface area contributed by atoms with Gasteiger partial charge in [0.1, 0.15) is 5.75 Å². The molecule has 1 N–H and O–H groups in total. The number of hydrogen-bond donors (Lipinski definition) is 1. The van der Waals surface area contributed by atoms with Crippen molar-refractivity contribution in [3.05, 3.63) is 23.8 Å². The molecule has 1 aromatic carbocycles. The molecule has 0 fully saturated rings. The van der Waals surface area contributed by atoms with Gasteiger partial charge in [0.2, 0.25) is 5.91 Å². The van der Waals surface area contributed by atoms with E-state index < -0.39 is 0 Å². The van der Waals surface area contributed by atoms with Crippen LogP contribution in [0.1, 0.15) is 32.8 Å². The van der Waals surface area contributed by atoms with Crippen molar-refractivity contribution in [3.8, 4) is 5.75 Å². The number of ether oxygens (including phenoxy) is 1. The first-order valence-corrected chi connectivity index (χ1v) is 5.76. The highest BCUT2D eigenvalue weighted by atomic mass is 16.5. The van der Waals surface area contributed by atoms with Crippen molar-refractivity contribution in [2.75, 3.05) is 12.4 Å². The minimum absolute atomic E-state index is 0.00555. The summed E-state index contributed by atoms with van der Waals surface area (Å²) in [5.74, 6) is 0.876. The van der Waals surface area contributed by atoms with E-state index in [9.17, 15) is 4.79 Å². The summed E-state index contributed by atoms with van der Waals surface area (Å²) >= 11 is 0. The van der Waals surface area contributed by atoms with Crippen molar-refractivity contribution in [3.63, 3.8) is 0 Å². The highest BCUT2D eigenvalue weighted by Crippen LogP contribution is 2.23. The van der Waals surface area contributed by atoms with Gasteiger partial charge in [-0.05, 0) is 36.1 Å². The molecule has 3 heteroatoms. The van der Waals surface area contributed by atoms with E-state index in [4.69, 9.17) is 4.74 Å². The first-order valence-electron chi connectivity index (χ1n) is 5.76. The number of rotatable bonds is 3. The molecule has 3 nitrogen and oxygen atoms in total. The lowest BCUT2D eigenvalue weighted by Gasteiger charge is -2.17. The van der Waals surface area contributed by atoms with Crippen molar-refractivity contribution in [1.82, 2.24) is 0 Å². The van der Waals surface area contributed by atoms with Crippen LogP contribution in [0, 0.1) is 12.3 Å². The highest BCUT2D eigenvalue weighted by Gasteiger charge is 2.16. The normalized spacial score (nSPS) is 11.1. The molecule has 0 bridgehead atoms. The van der Waals surface area contributed by atoms with E-state index in [-0.39, 0.29) is 11.3 Å². The quantitative estimate of drug-likeness (QED) is 0.872. The molecule has 1 amide bonds. The molecule has 0 aliphatic rings. The Morgan fingerprint density at radius 1 is 1.35 bits per heavy atom. The lowest BCUT2D eigenvalue weighted by Crippen LogP contribution is -2.19. The summed E-state index contributed by atoms with van der Waals surface area (Å²) < 4.78 is 5.17. The third-order valence-corrected chi connectivity index (χ3v) is 2.37. The van der Waals surface area contributed by atoms with Crippen LogP contribution in [-0.4, -0.2) is 13.0 Å². The standard InChI is InChI=1S/C14H21NO2/c1-10-8-11(6-7-12(10)17-5)15-13(16)9-14(2,3)4/h6-8H,9H2,1-5H3,(H,15,16). The van der Waals surface area contributed by atoms with Crippen LogP contribution in [0.15, 0.2) is 18.2 Å². The molecular weight excluding hydrogens is 214 g/mol. The fourth-order valence-corrected chi connectivity index (χ4v) is 1.64. The number of amides is 1. The maximum atomic E-state index is 11.8. The molecule has 0 heterocycles. The van der Waals surface area contributed by atoms with Gasteiger partial charge in [-0.1, -0.05) is 20.8 Å². The predicted octanol–water partition coefficient (Wildman–Crippen LogP) is 3.38. The number of benzene rings is 1. The van der Waals surface area contributed by atoms with Crippen LogP contribution < -0.4 is 10.1 Å². The summed E-state index contributed by atoms with van der Waals surface area (Å²) in [6, 6.07) is 5.63. The van der Waals surface area contributed by atoms with E-state index in [1.54, 1.807) is 7.11 Å². The molecule has 0 aliphatic carbocycles. The number of carbonyl (C=O) groups is 1. The van der Waals surface area contributed by atoms with Crippen LogP contribution in [0.4, 0.5) is 5.69 Å². The molecule has 0 unspecified atom stereocenters. The molecule has 0 saturated carbocycles. The van der Waals surface area contributed by atoms with Crippen molar-refractivity contribution in [1.29, 1.82) is 0 Å². The van der Waals surface area contributed by atoms with Gasteiger partial charge >= 0.3 is 0 Å². The lowest BCUT2D eigenvalue weighted by atomic mass is 9.92. The minimum Gasteiger partial charge on any atom is -0.496 e. The summed E-state index contributed by atoms with van der Waals surface area (Å²) in [4.78, 5) is 11.8. The molecule has 17 heavy (non-hydrogen) atoms. The average Bonchev–Trinajstić information content (AvgIpc) is 2.14. The number of nitrogens with one attached hydrogen (secondary N) is 1. The lowest BCUT2D eigenvalue weighted by molar-refractivity contribution is -0.117. The van der Waals surface area contributed by atoms with Gasteiger partial charge in [0.05, 0.1) is 7.11 Å². The Bertz CT molecular complexity index is 405. The number of aryl methyl sites for hydroxylation is 1. The van der Waals surface area contributed by atoms with E-state index in [0.29, 0.717) is 6.42 Å². The number of hydrogen-bond acceptors (Lipinski definition) is 2. The predicted molar refractivity (Wildman–Crippen MR) is 70.4 cm³/mol. The van der Waals surface area contributed by atoms with Crippen LogP contribution in [0.5, 0.6) is 5.75 Å². The largest absolute Gasteiger partial charge is 0.496 e. The molecule has 0 saturated heterocycles. The number of anilines is 1. The maximum Gasteiger partial charge on any atom is 0.224 e. The zero-order chi connectivity index (χ0) is 13.1. The SMILES string of the molecule is COc1ccc(NC(=O)CC(C)(C)C)cc1C. The van der Waals surface area contributed by atoms with Crippen LogP contribution in [0.2, 0.25) is 0 Å². The zero-order valence-electron chi connectivity index (χ0n) is 11.3. The van der Waals surface area contributed by atoms with Gasteiger partial charge in [-0.15, -0.1) is 0 Å². The monoisotopic (exact) mass is 235 g/mol. The Balaban J connectivity index is 2.69. The van der Waals surface area contributed by atoms with E-state index in [1.807, 2.05) is 45.9 Å². The van der Waals surface area contributed by atoms with Crippen molar-refractivity contribution in [2.45, 2.75) is 34.1 Å². The molecule has 0 spiro atoms. The second-order valence-corrected chi connectivity index (χ2v) is 5.47. The Labute approximate surface area is 103 Å². The Morgan fingerprint density at radius 3 is 2.47 bits per heavy atom. The van der Waals surface area contributed by atoms with Crippen molar-refractivity contribution < 1.29 is 9.53 Å². The maximum absolute atomic E-state index is 11.8. The minimum atomic E-state index is 0.00555. The summed E-state index contributed by atoms with van der Waals surface area (Å²) in [7, 11) is 1.64. The van der Waals surface area contributed by atoms with Gasteiger partial charge in [-0.3, -0.25) is 4.79 Å². The van der Waals surface area contributed by atoms with E-state index >= 15 is 0 Å². The Kier molecular flexibility index (Phi) is 4.16. The third kappa shape index (κ3) is 4.47. The molecule has 0 aliphatic heterocycles. The second kappa shape index (κ2) is 5.21. The molecule has 94 valence electrons. The topological polar surface area (TPSA) is 38.3 Å². The molecule has 0 atom stereocenters. The van der Waals surface area contributed by atoms with Crippen LogP contribution >= 0.6 is 0 Å². The Hall–Kier alpha value is -1.51. The Morgan fingerprint density at radius 2 is 2.00 bits per heavy atom. The molecule has 1 rings (SSSR count). The second-order valence-electron chi connectivity index (χ2n) is 5.47. The van der Waals surface area contributed by atoms with Gasteiger partial charge in [0, 0.05) is 12.1 Å².